The van der Waals surface area contributed by atoms with Crippen molar-refractivity contribution in [3.8, 4) is 5.75 Å². The first-order chi connectivity index (χ1) is 13.1. The number of aromatic nitrogens is 2. The molecule has 2 heterocycles. The standard InChI is InChI=1S/C20H22N2O4S/c1-3-25-20(24)15-12-27-18-17(15)19(23)22(13-21-18)10-6-7-11-26-16-9-5-4-8-14(16)2/h4-5,8-9,12-13H,3,6-7,10-11H2,1-2H3. The van der Waals surface area contributed by atoms with Crippen LogP contribution in [0, 0.1) is 6.92 Å². The molecule has 0 spiro atoms. The minimum absolute atomic E-state index is 0.205. The zero-order chi connectivity index (χ0) is 19.2. The molecule has 0 amide bonds. The lowest BCUT2D eigenvalue weighted by molar-refractivity contribution is 0.0529. The van der Waals surface area contributed by atoms with Gasteiger partial charge in [-0.05, 0) is 38.3 Å². The van der Waals surface area contributed by atoms with Crippen LogP contribution in [0.15, 0.2) is 40.8 Å². The Labute approximate surface area is 161 Å². The van der Waals surface area contributed by atoms with Crippen LogP contribution >= 0.6 is 11.3 Å². The van der Waals surface area contributed by atoms with Gasteiger partial charge in [0.15, 0.2) is 0 Å². The number of hydrogen-bond donors (Lipinski definition) is 0. The maximum atomic E-state index is 12.7. The molecule has 3 rings (SSSR count). The lowest BCUT2D eigenvalue weighted by Crippen LogP contribution is -2.22. The van der Waals surface area contributed by atoms with Crippen molar-refractivity contribution in [1.82, 2.24) is 9.55 Å². The molecular formula is C20H22N2O4S. The molecule has 0 aliphatic carbocycles. The van der Waals surface area contributed by atoms with Crippen LogP contribution in [0.1, 0.15) is 35.7 Å². The van der Waals surface area contributed by atoms with Crippen LogP contribution < -0.4 is 10.3 Å². The molecule has 0 saturated carbocycles. The Bertz CT molecular complexity index is 993. The summed E-state index contributed by atoms with van der Waals surface area (Å²) in [6.07, 6.45) is 3.13. The molecule has 0 radical (unpaired) electrons. The molecular weight excluding hydrogens is 364 g/mol. The molecule has 1 aromatic carbocycles. The van der Waals surface area contributed by atoms with Gasteiger partial charge in [0.25, 0.3) is 5.56 Å². The zero-order valence-electron chi connectivity index (χ0n) is 15.4. The molecule has 0 bridgehead atoms. The van der Waals surface area contributed by atoms with Gasteiger partial charge in [-0.1, -0.05) is 18.2 Å². The summed E-state index contributed by atoms with van der Waals surface area (Å²) in [5.41, 5.74) is 1.20. The number of nitrogens with zero attached hydrogens (tertiary/aromatic N) is 2. The molecule has 0 unspecified atom stereocenters. The Morgan fingerprint density at radius 1 is 1.26 bits per heavy atom. The van der Waals surface area contributed by atoms with E-state index >= 15 is 0 Å². The van der Waals surface area contributed by atoms with Crippen LogP contribution in [0.5, 0.6) is 5.75 Å². The molecule has 142 valence electrons. The molecule has 0 atom stereocenters. The predicted octanol–water partition coefficient (Wildman–Crippen LogP) is 3.80. The number of benzene rings is 1. The minimum Gasteiger partial charge on any atom is -0.493 e. The van der Waals surface area contributed by atoms with Gasteiger partial charge in [-0.25, -0.2) is 9.78 Å². The highest BCUT2D eigenvalue weighted by atomic mass is 32.1. The summed E-state index contributed by atoms with van der Waals surface area (Å²) in [5, 5.41) is 1.98. The third-order valence-electron chi connectivity index (χ3n) is 4.20. The number of esters is 1. The minimum atomic E-state index is -0.480. The summed E-state index contributed by atoms with van der Waals surface area (Å²) >= 11 is 1.28. The van der Waals surface area contributed by atoms with E-state index in [1.807, 2.05) is 31.2 Å². The van der Waals surface area contributed by atoms with E-state index in [9.17, 15) is 9.59 Å². The van der Waals surface area contributed by atoms with Gasteiger partial charge in [0.05, 0.1) is 30.5 Å². The number of thiophene rings is 1. The first kappa shape index (κ1) is 19.1. The van der Waals surface area contributed by atoms with Crippen molar-refractivity contribution in [3.05, 3.63) is 57.5 Å². The SMILES string of the molecule is CCOC(=O)c1csc2ncn(CCCCOc3ccccc3C)c(=O)c12. The molecule has 0 fully saturated rings. The maximum absolute atomic E-state index is 12.7. The molecule has 0 saturated heterocycles. The number of carbonyl (C=O) groups excluding carboxylic acids is 1. The van der Waals surface area contributed by atoms with E-state index in [1.54, 1.807) is 16.9 Å². The van der Waals surface area contributed by atoms with E-state index in [0.29, 0.717) is 28.9 Å². The maximum Gasteiger partial charge on any atom is 0.339 e. The van der Waals surface area contributed by atoms with Crippen molar-refractivity contribution < 1.29 is 14.3 Å². The van der Waals surface area contributed by atoms with Crippen molar-refractivity contribution in [2.45, 2.75) is 33.2 Å². The number of para-hydroxylation sites is 1. The Morgan fingerprint density at radius 3 is 2.85 bits per heavy atom. The normalized spacial score (nSPS) is 10.9. The van der Waals surface area contributed by atoms with Crippen molar-refractivity contribution in [2.75, 3.05) is 13.2 Å². The quantitative estimate of drug-likeness (QED) is 0.435. The second kappa shape index (κ2) is 8.81. The van der Waals surface area contributed by atoms with Gasteiger partial charge in [0.2, 0.25) is 0 Å². The fourth-order valence-electron chi connectivity index (χ4n) is 2.77. The van der Waals surface area contributed by atoms with Crippen LogP contribution in [0.2, 0.25) is 0 Å². The molecule has 2 aromatic heterocycles. The van der Waals surface area contributed by atoms with E-state index in [2.05, 4.69) is 4.98 Å². The van der Waals surface area contributed by atoms with Gasteiger partial charge >= 0.3 is 5.97 Å². The average molecular weight is 386 g/mol. The number of aryl methyl sites for hydroxylation is 2. The van der Waals surface area contributed by atoms with Crippen molar-refractivity contribution in [1.29, 1.82) is 0 Å². The molecule has 27 heavy (non-hydrogen) atoms. The molecule has 7 heteroatoms. The number of unbranched alkanes of at least 4 members (excludes halogenated alkanes) is 1. The van der Waals surface area contributed by atoms with Gasteiger partial charge in [-0.15, -0.1) is 11.3 Å². The fraction of sp³-hybridized carbons (Fsp3) is 0.350. The summed E-state index contributed by atoms with van der Waals surface area (Å²) in [6, 6.07) is 7.89. The highest BCUT2D eigenvalue weighted by Crippen LogP contribution is 2.21. The summed E-state index contributed by atoms with van der Waals surface area (Å²) in [4.78, 5) is 29.6. The third-order valence-corrected chi connectivity index (χ3v) is 5.09. The van der Waals surface area contributed by atoms with Gasteiger partial charge < -0.3 is 9.47 Å². The predicted molar refractivity (Wildman–Crippen MR) is 106 cm³/mol. The van der Waals surface area contributed by atoms with Crippen LogP contribution in [0.3, 0.4) is 0 Å². The summed E-state index contributed by atoms with van der Waals surface area (Å²) in [5.74, 6) is 0.405. The van der Waals surface area contributed by atoms with E-state index in [-0.39, 0.29) is 12.2 Å². The number of ether oxygens (including phenoxy) is 2. The first-order valence-corrected chi connectivity index (χ1v) is 9.82. The highest BCUT2D eigenvalue weighted by molar-refractivity contribution is 7.17. The Balaban J connectivity index is 1.63. The molecule has 6 nitrogen and oxygen atoms in total. The number of hydrogen-bond acceptors (Lipinski definition) is 6. The van der Waals surface area contributed by atoms with Gasteiger partial charge in [0.1, 0.15) is 10.6 Å². The van der Waals surface area contributed by atoms with Crippen LogP contribution in [0.25, 0.3) is 10.2 Å². The first-order valence-electron chi connectivity index (χ1n) is 8.94. The van der Waals surface area contributed by atoms with Crippen LogP contribution in [-0.4, -0.2) is 28.7 Å². The van der Waals surface area contributed by atoms with E-state index < -0.39 is 5.97 Å². The lowest BCUT2D eigenvalue weighted by atomic mass is 10.2. The number of fused-ring (bicyclic) bond motifs is 1. The van der Waals surface area contributed by atoms with Gasteiger partial charge in [-0.2, -0.15) is 0 Å². The van der Waals surface area contributed by atoms with Crippen LogP contribution in [-0.2, 0) is 11.3 Å². The largest absolute Gasteiger partial charge is 0.493 e. The zero-order valence-corrected chi connectivity index (χ0v) is 16.3. The third kappa shape index (κ3) is 4.36. The summed E-state index contributed by atoms with van der Waals surface area (Å²) in [6.45, 7) is 5.13. The molecule has 0 aliphatic heterocycles. The van der Waals surface area contributed by atoms with Gasteiger partial charge in [0, 0.05) is 11.9 Å². The molecule has 0 aliphatic rings. The summed E-state index contributed by atoms with van der Waals surface area (Å²) < 4.78 is 12.4. The Kier molecular flexibility index (Phi) is 6.24. The Hall–Kier alpha value is -2.67. The topological polar surface area (TPSA) is 70.4 Å². The number of carbonyl (C=O) groups is 1. The average Bonchev–Trinajstić information content (AvgIpc) is 3.10. The van der Waals surface area contributed by atoms with Crippen molar-refractivity contribution in [3.63, 3.8) is 0 Å². The van der Waals surface area contributed by atoms with Gasteiger partial charge in [-0.3, -0.25) is 9.36 Å². The van der Waals surface area contributed by atoms with Crippen molar-refractivity contribution in [2.24, 2.45) is 0 Å². The monoisotopic (exact) mass is 386 g/mol. The van der Waals surface area contributed by atoms with Crippen LogP contribution in [0.4, 0.5) is 0 Å². The van der Waals surface area contributed by atoms with Crippen molar-refractivity contribution >= 4 is 27.5 Å². The lowest BCUT2D eigenvalue weighted by Gasteiger charge is -2.09. The second-order valence-electron chi connectivity index (χ2n) is 6.11. The van der Waals surface area contributed by atoms with E-state index in [4.69, 9.17) is 9.47 Å². The smallest absolute Gasteiger partial charge is 0.339 e. The summed E-state index contributed by atoms with van der Waals surface area (Å²) in [7, 11) is 0. The molecule has 0 N–H and O–H groups in total. The second-order valence-corrected chi connectivity index (χ2v) is 6.97. The highest BCUT2D eigenvalue weighted by Gasteiger charge is 2.18. The fourth-order valence-corrected chi connectivity index (χ4v) is 3.64. The Morgan fingerprint density at radius 2 is 2.07 bits per heavy atom. The van der Waals surface area contributed by atoms with E-state index in [1.165, 1.54) is 17.7 Å². The molecule has 3 aromatic rings. The van der Waals surface area contributed by atoms with E-state index in [0.717, 1.165) is 24.2 Å². The number of rotatable bonds is 8.